The number of carbonyl (C=O) groups is 1. The molecule has 0 bridgehead atoms. The zero-order valence-corrected chi connectivity index (χ0v) is 14.6. The molecule has 0 aliphatic carbocycles. The van der Waals surface area contributed by atoms with Crippen LogP contribution in [0.2, 0.25) is 0 Å². The van der Waals surface area contributed by atoms with Crippen molar-refractivity contribution in [1.29, 1.82) is 0 Å². The zero-order valence-electron chi connectivity index (χ0n) is 12.9. The van der Waals surface area contributed by atoms with Gasteiger partial charge in [0.05, 0.1) is 19.7 Å². The molecule has 24 heavy (non-hydrogen) atoms. The minimum Gasteiger partial charge on any atom is -0.370 e. The van der Waals surface area contributed by atoms with Crippen LogP contribution < -0.4 is 4.72 Å². The number of morpholine rings is 1. The van der Waals surface area contributed by atoms with Crippen molar-refractivity contribution in [2.75, 3.05) is 26.2 Å². The van der Waals surface area contributed by atoms with Crippen LogP contribution in [0.3, 0.4) is 0 Å². The van der Waals surface area contributed by atoms with Crippen LogP contribution in [0, 0.1) is 0 Å². The van der Waals surface area contributed by atoms with Crippen LogP contribution in [0.25, 0.3) is 0 Å². The van der Waals surface area contributed by atoms with Crippen molar-refractivity contribution in [2.24, 2.45) is 0 Å². The van der Waals surface area contributed by atoms with Gasteiger partial charge in [-0.25, -0.2) is 13.1 Å². The second kappa shape index (κ2) is 7.43. The summed E-state index contributed by atoms with van der Waals surface area (Å²) in [5.41, 5.74) is 1.01. The Kier molecular flexibility index (Phi) is 5.30. The number of sulfonamides is 1. The van der Waals surface area contributed by atoms with E-state index in [4.69, 9.17) is 4.74 Å². The molecule has 1 aliphatic rings. The summed E-state index contributed by atoms with van der Waals surface area (Å²) in [6.45, 7) is 1.07. The summed E-state index contributed by atoms with van der Waals surface area (Å²) in [5, 5.41) is 1.68. The van der Waals surface area contributed by atoms with E-state index in [0.29, 0.717) is 19.7 Å². The minimum absolute atomic E-state index is 0.183. The predicted molar refractivity (Wildman–Crippen MR) is 91.2 cm³/mol. The van der Waals surface area contributed by atoms with Gasteiger partial charge in [0.1, 0.15) is 10.3 Å². The van der Waals surface area contributed by atoms with Gasteiger partial charge in [-0.1, -0.05) is 36.4 Å². The summed E-state index contributed by atoms with van der Waals surface area (Å²) in [7, 11) is -3.63. The fraction of sp³-hybridized carbons (Fsp3) is 0.312. The zero-order chi connectivity index (χ0) is 17.0. The summed E-state index contributed by atoms with van der Waals surface area (Å²) in [5.74, 6) is -0.251. The molecule has 0 radical (unpaired) electrons. The molecule has 2 aromatic rings. The second-order valence-corrected chi connectivity index (χ2v) is 8.31. The molecule has 128 valence electrons. The Balaban J connectivity index is 1.59. The molecular weight excluding hydrogens is 348 g/mol. The lowest BCUT2D eigenvalue weighted by molar-refractivity contribution is -0.137. The summed E-state index contributed by atoms with van der Waals surface area (Å²) in [6.07, 6.45) is -0.183. The minimum atomic E-state index is -3.63. The van der Waals surface area contributed by atoms with E-state index in [1.165, 1.54) is 6.07 Å². The van der Waals surface area contributed by atoms with Gasteiger partial charge in [-0.2, -0.15) is 0 Å². The monoisotopic (exact) mass is 366 g/mol. The van der Waals surface area contributed by atoms with E-state index in [1.807, 2.05) is 30.3 Å². The largest absolute Gasteiger partial charge is 0.370 e. The lowest BCUT2D eigenvalue weighted by Gasteiger charge is -2.33. The van der Waals surface area contributed by atoms with E-state index in [2.05, 4.69) is 4.72 Å². The maximum atomic E-state index is 12.3. The number of ether oxygens (including phenoxy) is 1. The molecule has 0 spiro atoms. The predicted octanol–water partition coefficient (Wildman–Crippen LogP) is 1.63. The standard InChI is InChI=1S/C16H18N2O4S2/c19-15(11-17-24(20,21)16-7-4-10-23-16)18-8-9-22-14(12-18)13-5-2-1-3-6-13/h1-7,10,14,17H,8-9,11-12H2. The molecule has 1 amide bonds. The fourth-order valence-electron chi connectivity index (χ4n) is 2.50. The number of amides is 1. The average Bonchev–Trinajstić information content (AvgIpc) is 3.16. The number of nitrogens with one attached hydrogen (secondary N) is 1. The first-order valence-electron chi connectivity index (χ1n) is 7.54. The molecule has 1 aliphatic heterocycles. The number of nitrogens with zero attached hydrogens (tertiary/aromatic N) is 1. The van der Waals surface area contributed by atoms with Crippen molar-refractivity contribution < 1.29 is 17.9 Å². The van der Waals surface area contributed by atoms with Gasteiger partial charge in [-0.05, 0) is 17.0 Å². The van der Waals surface area contributed by atoms with Crippen LogP contribution >= 0.6 is 11.3 Å². The van der Waals surface area contributed by atoms with Crippen LogP contribution in [-0.4, -0.2) is 45.5 Å². The van der Waals surface area contributed by atoms with Crippen molar-refractivity contribution in [2.45, 2.75) is 10.3 Å². The number of carbonyl (C=O) groups excluding carboxylic acids is 1. The highest BCUT2D eigenvalue weighted by Crippen LogP contribution is 2.22. The molecule has 1 atom stereocenters. The van der Waals surface area contributed by atoms with Gasteiger partial charge in [-0.15, -0.1) is 11.3 Å². The van der Waals surface area contributed by atoms with Crippen molar-refractivity contribution in [3.05, 3.63) is 53.4 Å². The topological polar surface area (TPSA) is 75.7 Å². The first kappa shape index (κ1) is 17.1. The van der Waals surface area contributed by atoms with Gasteiger partial charge < -0.3 is 9.64 Å². The molecule has 1 aromatic carbocycles. The Morgan fingerprint density at radius 2 is 2.04 bits per heavy atom. The summed E-state index contributed by atoms with van der Waals surface area (Å²) >= 11 is 1.12. The molecule has 1 aromatic heterocycles. The van der Waals surface area contributed by atoms with Gasteiger partial charge in [0.25, 0.3) is 10.0 Å². The number of rotatable bonds is 5. The Morgan fingerprint density at radius 1 is 1.25 bits per heavy atom. The number of hydrogen-bond donors (Lipinski definition) is 1. The third-order valence-corrected chi connectivity index (χ3v) is 6.56. The second-order valence-electron chi connectivity index (χ2n) is 5.37. The lowest BCUT2D eigenvalue weighted by atomic mass is 10.1. The Morgan fingerprint density at radius 3 is 2.75 bits per heavy atom. The van der Waals surface area contributed by atoms with Crippen LogP contribution in [0.1, 0.15) is 11.7 Å². The molecule has 2 heterocycles. The molecule has 8 heteroatoms. The van der Waals surface area contributed by atoms with Crippen LogP contribution in [0.4, 0.5) is 0 Å². The van der Waals surface area contributed by atoms with Crippen molar-refractivity contribution >= 4 is 27.3 Å². The molecule has 6 nitrogen and oxygen atoms in total. The molecule has 0 saturated carbocycles. The smallest absolute Gasteiger partial charge is 0.250 e. The van der Waals surface area contributed by atoms with Gasteiger partial charge in [-0.3, -0.25) is 4.79 Å². The lowest BCUT2D eigenvalue weighted by Crippen LogP contribution is -2.46. The van der Waals surface area contributed by atoms with E-state index in [-0.39, 0.29) is 22.8 Å². The number of thiophene rings is 1. The highest BCUT2D eigenvalue weighted by atomic mass is 32.2. The highest BCUT2D eigenvalue weighted by molar-refractivity contribution is 7.91. The molecule has 1 N–H and O–H groups in total. The maximum Gasteiger partial charge on any atom is 0.250 e. The quantitative estimate of drug-likeness (QED) is 0.873. The highest BCUT2D eigenvalue weighted by Gasteiger charge is 2.26. The normalized spacial score (nSPS) is 18.5. The Hall–Kier alpha value is -1.74. The Labute approximate surface area is 145 Å². The fourth-order valence-corrected chi connectivity index (χ4v) is 4.51. The SMILES string of the molecule is O=C(CNS(=O)(=O)c1cccs1)N1CCOC(c2ccccc2)C1. The van der Waals surface area contributed by atoms with Crippen molar-refractivity contribution in [3.63, 3.8) is 0 Å². The Bertz CT molecular complexity index is 776. The first-order valence-corrected chi connectivity index (χ1v) is 9.90. The first-order chi connectivity index (χ1) is 11.6. The number of hydrogen-bond acceptors (Lipinski definition) is 5. The van der Waals surface area contributed by atoms with E-state index < -0.39 is 10.0 Å². The summed E-state index contributed by atoms with van der Waals surface area (Å²) in [4.78, 5) is 14.0. The molecule has 1 fully saturated rings. The third-order valence-electron chi connectivity index (χ3n) is 3.76. The van der Waals surface area contributed by atoms with Crippen molar-refractivity contribution in [1.82, 2.24) is 9.62 Å². The molecule has 1 saturated heterocycles. The van der Waals surface area contributed by atoms with E-state index in [9.17, 15) is 13.2 Å². The molecular formula is C16H18N2O4S2. The van der Waals surface area contributed by atoms with Crippen molar-refractivity contribution in [3.8, 4) is 0 Å². The van der Waals surface area contributed by atoms with Gasteiger partial charge in [0.15, 0.2) is 0 Å². The molecule has 3 rings (SSSR count). The summed E-state index contributed by atoms with van der Waals surface area (Å²) in [6, 6.07) is 12.9. The van der Waals surface area contributed by atoms with E-state index in [1.54, 1.807) is 16.3 Å². The van der Waals surface area contributed by atoms with Crippen LogP contribution in [-0.2, 0) is 19.6 Å². The van der Waals surface area contributed by atoms with Crippen LogP contribution in [0.5, 0.6) is 0 Å². The van der Waals surface area contributed by atoms with Gasteiger partial charge in [0, 0.05) is 6.54 Å². The van der Waals surface area contributed by atoms with Crippen LogP contribution in [0.15, 0.2) is 52.1 Å². The van der Waals surface area contributed by atoms with Gasteiger partial charge in [0.2, 0.25) is 5.91 Å². The average molecular weight is 366 g/mol. The number of benzene rings is 1. The van der Waals surface area contributed by atoms with E-state index in [0.717, 1.165) is 16.9 Å². The maximum absolute atomic E-state index is 12.3. The van der Waals surface area contributed by atoms with E-state index >= 15 is 0 Å². The summed E-state index contributed by atoms with van der Waals surface area (Å²) < 4.78 is 32.4. The third kappa shape index (κ3) is 4.02. The van der Waals surface area contributed by atoms with Gasteiger partial charge >= 0.3 is 0 Å². The molecule has 1 unspecified atom stereocenters.